The molecular formula is C21H19F3N2O3S. The molecule has 30 heavy (non-hydrogen) atoms. The molecule has 0 fully saturated rings. The van der Waals surface area contributed by atoms with E-state index in [1.807, 2.05) is 25.1 Å². The Kier molecular flexibility index (Phi) is 6.40. The van der Waals surface area contributed by atoms with Gasteiger partial charge in [-0.25, -0.2) is 4.79 Å². The Morgan fingerprint density at radius 3 is 2.47 bits per heavy atom. The summed E-state index contributed by atoms with van der Waals surface area (Å²) in [6.07, 6.45) is -4.36. The highest BCUT2D eigenvalue weighted by atomic mass is 32.2. The molecule has 0 saturated carbocycles. The zero-order valence-electron chi connectivity index (χ0n) is 16.2. The highest BCUT2D eigenvalue weighted by molar-refractivity contribution is 7.98. The molecule has 1 aromatic heterocycles. The molecule has 5 nitrogen and oxygen atoms in total. The molecule has 0 spiro atoms. The third kappa shape index (κ3) is 5.35. The third-order valence-electron chi connectivity index (χ3n) is 4.37. The fourth-order valence-corrected chi connectivity index (χ4v) is 3.79. The minimum Gasteiger partial charge on any atom is -0.482 e. The van der Waals surface area contributed by atoms with Crippen molar-refractivity contribution in [3.63, 3.8) is 0 Å². The van der Waals surface area contributed by atoms with E-state index in [2.05, 4.69) is 5.10 Å². The summed E-state index contributed by atoms with van der Waals surface area (Å²) in [6, 6.07) is 12.3. The van der Waals surface area contributed by atoms with E-state index in [1.54, 1.807) is 29.6 Å². The molecule has 0 saturated heterocycles. The molecule has 0 aliphatic heterocycles. The predicted molar refractivity (Wildman–Crippen MR) is 108 cm³/mol. The number of hydrogen-bond donors (Lipinski definition) is 1. The number of halogens is 3. The number of carboxylic acid groups (broad SMARTS) is 1. The molecule has 0 unspecified atom stereocenters. The number of nitrogens with zero attached hydrogens (tertiary/aromatic N) is 2. The van der Waals surface area contributed by atoms with Crippen molar-refractivity contribution in [2.75, 3.05) is 6.61 Å². The van der Waals surface area contributed by atoms with Crippen LogP contribution >= 0.6 is 11.8 Å². The van der Waals surface area contributed by atoms with Crippen LogP contribution in [0.2, 0.25) is 0 Å². The van der Waals surface area contributed by atoms with Gasteiger partial charge in [0.05, 0.1) is 11.3 Å². The third-order valence-corrected chi connectivity index (χ3v) is 5.40. The minimum atomic E-state index is -4.36. The van der Waals surface area contributed by atoms with Gasteiger partial charge in [-0.3, -0.25) is 4.68 Å². The Bertz CT molecular complexity index is 1050. The summed E-state index contributed by atoms with van der Waals surface area (Å²) in [7, 11) is 1.79. The van der Waals surface area contributed by atoms with E-state index in [4.69, 9.17) is 9.84 Å². The van der Waals surface area contributed by atoms with Crippen LogP contribution in [0.1, 0.15) is 16.8 Å². The monoisotopic (exact) mass is 436 g/mol. The fraction of sp³-hybridized carbons (Fsp3) is 0.238. The van der Waals surface area contributed by atoms with Gasteiger partial charge in [-0.2, -0.15) is 18.3 Å². The maximum absolute atomic E-state index is 12.7. The van der Waals surface area contributed by atoms with E-state index in [1.165, 1.54) is 12.1 Å². The van der Waals surface area contributed by atoms with Crippen LogP contribution in [0.25, 0.3) is 11.3 Å². The summed E-state index contributed by atoms with van der Waals surface area (Å²) >= 11 is 1.57. The first kappa shape index (κ1) is 21.8. The van der Waals surface area contributed by atoms with Gasteiger partial charge in [0.1, 0.15) is 5.75 Å². The van der Waals surface area contributed by atoms with Crippen LogP contribution in [0.4, 0.5) is 13.2 Å². The number of rotatable bonds is 7. The SMILES string of the molecule is Cc1cc(SCc2cc(-c3ccc(C(F)(F)F)cc3)nn2C)ccc1OCC(=O)O. The summed E-state index contributed by atoms with van der Waals surface area (Å²) in [4.78, 5) is 11.6. The highest BCUT2D eigenvalue weighted by Crippen LogP contribution is 2.32. The molecule has 9 heteroatoms. The van der Waals surface area contributed by atoms with E-state index >= 15 is 0 Å². The van der Waals surface area contributed by atoms with Gasteiger partial charge in [0.25, 0.3) is 0 Å². The van der Waals surface area contributed by atoms with Crippen LogP contribution in [-0.4, -0.2) is 27.5 Å². The van der Waals surface area contributed by atoms with Gasteiger partial charge < -0.3 is 9.84 Å². The van der Waals surface area contributed by atoms with Gasteiger partial charge in [0, 0.05) is 29.0 Å². The van der Waals surface area contributed by atoms with E-state index in [0.717, 1.165) is 28.3 Å². The number of aryl methyl sites for hydroxylation is 2. The second-order valence-electron chi connectivity index (χ2n) is 6.62. The van der Waals surface area contributed by atoms with Gasteiger partial charge in [0.2, 0.25) is 0 Å². The molecule has 1 N–H and O–H groups in total. The van der Waals surface area contributed by atoms with E-state index in [-0.39, 0.29) is 0 Å². The van der Waals surface area contributed by atoms with Crippen LogP contribution in [0, 0.1) is 6.92 Å². The van der Waals surface area contributed by atoms with Gasteiger partial charge in [-0.15, -0.1) is 11.8 Å². The predicted octanol–water partition coefficient (Wildman–Crippen LogP) is 5.17. The zero-order chi connectivity index (χ0) is 21.9. The summed E-state index contributed by atoms with van der Waals surface area (Å²) in [6.45, 7) is 1.45. The lowest BCUT2D eigenvalue weighted by Crippen LogP contribution is -2.09. The Morgan fingerprint density at radius 2 is 1.87 bits per heavy atom. The largest absolute Gasteiger partial charge is 0.482 e. The smallest absolute Gasteiger partial charge is 0.416 e. The first-order valence-electron chi connectivity index (χ1n) is 8.92. The van der Waals surface area contributed by atoms with E-state index in [9.17, 15) is 18.0 Å². The molecule has 1 heterocycles. The van der Waals surface area contributed by atoms with Crippen molar-refractivity contribution in [2.45, 2.75) is 23.7 Å². The number of alkyl halides is 3. The lowest BCUT2D eigenvalue weighted by molar-refractivity contribution is -0.139. The molecular weight excluding hydrogens is 417 g/mol. The van der Waals surface area contributed by atoms with Crippen LogP contribution in [0.15, 0.2) is 53.4 Å². The molecule has 158 valence electrons. The molecule has 0 amide bonds. The van der Waals surface area contributed by atoms with Crippen molar-refractivity contribution in [1.82, 2.24) is 9.78 Å². The molecule has 0 radical (unpaired) electrons. The standard InChI is InChI=1S/C21H19F3N2O3S/c1-13-9-17(7-8-19(13)29-11-20(27)28)30-12-16-10-18(25-26(16)2)14-3-5-15(6-4-14)21(22,23)24/h3-10H,11-12H2,1-2H3,(H,27,28). The molecule has 3 rings (SSSR count). The van der Waals surface area contributed by atoms with Gasteiger partial charge >= 0.3 is 12.1 Å². The van der Waals surface area contributed by atoms with Crippen LogP contribution in [-0.2, 0) is 23.8 Å². The molecule has 3 aromatic rings. The van der Waals surface area contributed by atoms with Gasteiger partial charge in [-0.1, -0.05) is 12.1 Å². The summed E-state index contributed by atoms with van der Waals surface area (Å²) in [5, 5.41) is 13.1. The molecule has 0 bridgehead atoms. The van der Waals surface area contributed by atoms with Crippen molar-refractivity contribution in [3.8, 4) is 17.0 Å². The lowest BCUT2D eigenvalue weighted by atomic mass is 10.1. The van der Waals surface area contributed by atoms with Crippen LogP contribution in [0.3, 0.4) is 0 Å². The topological polar surface area (TPSA) is 64.4 Å². The summed E-state index contributed by atoms with van der Waals surface area (Å²) in [5.74, 6) is 0.0959. The normalized spacial score (nSPS) is 11.5. The average molecular weight is 436 g/mol. The molecule has 0 aliphatic rings. The van der Waals surface area contributed by atoms with Crippen molar-refractivity contribution < 1.29 is 27.8 Å². The molecule has 2 aromatic carbocycles. The number of hydrogen-bond acceptors (Lipinski definition) is 4. The minimum absolute atomic E-state index is 0.394. The quantitative estimate of drug-likeness (QED) is 0.518. The molecule has 0 atom stereocenters. The maximum Gasteiger partial charge on any atom is 0.416 e. The Hall–Kier alpha value is -2.94. The van der Waals surface area contributed by atoms with E-state index < -0.39 is 24.3 Å². The number of ether oxygens (including phenoxy) is 1. The first-order chi connectivity index (χ1) is 14.1. The number of benzene rings is 2. The second kappa shape index (κ2) is 8.83. The lowest BCUT2D eigenvalue weighted by Gasteiger charge is -2.09. The average Bonchev–Trinajstić information content (AvgIpc) is 3.05. The number of carbonyl (C=O) groups is 1. The number of thioether (sulfide) groups is 1. The second-order valence-corrected chi connectivity index (χ2v) is 7.67. The Labute approximate surface area is 175 Å². The highest BCUT2D eigenvalue weighted by Gasteiger charge is 2.30. The van der Waals surface area contributed by atoms with Crippen molar-refractivity contribution in [3.05, 3.63) is 65.4 Å². The van der Waals surface area contributed by atoms with E-state index in [0.29, 0.717) is 22.8 Å². The first-order valence-corrected chi connectivity index (χ1v) is 9.90. The fourth-order valence-electron chi connectivity index (χ4n) is 2.78. The van der Waals surface area contributed by atoms with Gasteiger partial charge in [0.15, 0.2) is 6.61 Å². The number of aromatic nitrogens is 2. The van der Waals surface area contributed by atoms with Crippen LogP contribution < -0.4 is 4.74 Å². The zero-order valence-corrected chi connectivity index (χ0v) is 17.0. The Balaban J connectivity index is 1.68. The summed E-state index contributed by atoms with van der Waals surface area (Å²) in [5.41, 5.74) is 2.28. The Morgan fingerprint density at radius 1 is 1.17 bits per heavy atom. The summed E-state index contributed by atoms with van der Waals surface area (Å²) < 4.78 is 45.1. The molecule has 0 aliphatic carbocycles. The maximum atomic E-state index is 12.7. The van der Waals surface area contributed by atoms with Crippen LogP contribution in [0.5, 0.6) is 5.75 Å². The van der Waals surface area contributed by atoms with Gasteiger partial charge in [-0.05, 0) is 48.9 Å². The number of aliphatic carboxylic acids is 1. The van der Waals surface area contributed by atoms with Crippen molar-refractivity contribution >= 4 is 17.7 Å². The van der Waals surface area contributed by atoms with Crippen molar-refractivity contribution in [1.29, 1.82) is 0 Å². The number of carboxylic acids is 1. The van der Waals surface area contributed by atoms with Crippen molar-refractivity contribution in [2.24, 2.45) is 7.05 Å².